The lowest BCUT2D eigenvalue weighted by molar-refractivity contribution is 0.0939. The van der Waals surface area contributed by atoms with E-state index in [1.807, 2.05) is 20.8 Å². The Morgan fingerprint density at radius 2 is 2.19 bits per heavy atom. The zero-order chi connectivity index (χ0) is 12.1. The number of nitrogen functional groups attached to an aromatic ring is 1. The maximum Gasteiger partial charge on any atom is 0.255 e. The summed E-state index contributed by atoms with van der Waals surface area (Å²) < 4.78 is 5.38. The summed E-state index contributed by atoms with van der Waals surface area (Å²) in [5, 5.41) is 2.81. The fraction of sp³-hybridized carbons (Fsp3) is 0.417. The van der Waals surface area contributed by atoms with Crippen LogP contribution in [0.15, 0.2) is 18.2 Å². The van der Waals surface area contributed by atoms with Crippen molar-refractivity contribution in [3.05, 3.63) is 23.8 Å². The summed E-state index contributed by atoms with van der Waals surface area (Å²) in [4.78, 5) is 11.9. The van der Waals surface area contributed by atoms with Gasteiger partial charge in [-0.25, -0.2) is 0 Å². The second-order valence-electron chi connectivity index (χ2n) is 3.82. The molecule has 0 aromatic heterocycles. The maximum absolute atomic E-state index is 11.9. The Hall–Kier alpha value is -1.71. The van der Waals surface area contributed by atoms with Crippen LogP contribution in [-0.4, -0.2) is 18.6 Å². The normalized spacial score (nSPS) is 10.2. The molecule has 0 aliphatic heterocycles. The first-order chi connectivity index (χ1) is 7.54. The minimum absolute atomic E-state index is 0.0865. The predicted molar refractivity (Wildman–Crippen MR) is 64.6 cm³/mol. The quantitative estimate of drug-likeness (QED) is 0.763. The van der Waals surface area contributed by atoms with Crippen molar-refractivity contribution in [2.24, 2.45) is 0 Å². The van der Waals surface area contributed by atoms with E-state index in [-0.39, 0.29) is 11.9 Å². The van der Waals surface area contributed by atoms with Crippen LogP contribution in [0.5, 0.6) is 5.75 Å². The van der Waals surface area contributed by atoms with Crippen LogP contribution < -0.4 is 15.8 Å². The minimum Gasteiger partial charge on any atom is -0.493 e. The molecule has 0 aliphatic carbocycles. The summed E-state index contributed by atoms with van der Waals surface area (Å²) >= 11 is 0. The van der Waals surface area contributed by atoms with Gasteiger partial charge < -0.3 is 15.8 Å². The van der Waals surface area contributed by atoms with Crippen LogP contribution in [0, 0.1) is 0 Å². The summed E-state index contributed by atoms with van der Waals surface area (Å²) in [5.74, 6) is 0.403. The van der Waals surface area contributed by atoms with Gasteiger partial charge >= 0.3 is 0 Å². The number of carbonyl (C=O) groups is 1. The SMILES string of the molecule is CCOc1ccc(N)cc1C(=O)NC(C)C. The van der Waals surface area contributed by atoms with Crippen LogP contribution in [0.4, 0.5) is 5.69 Å². The molecule has 0 unspecified atom stereocenters. The van der Waals surface area contributed by atoms with Crippen LogP contribution in [0.25, 0.3) is 0 Å². The highest BCUT2D eigenvalue weighted by Crippen LogP contribution is 2.21. The number of hydrogen-bond donors (Lipinski definition) is 2. The molecule has 1 rings (SSSR count). The van der Waals surface area contributed by atoms with Gasteiger partial charge in [0.15, 0.2) is 0 Å². The van der Waals surface area contributed by atoms with Crippen molar-refractivity contribution in [2.75, 3.05) is 12.3 Å². The second kappa shape index (κ2) is 5.39. The molecule has 0 heterocycles. The van der Waals surface area contributed by atoms with Gasteiger partial charge in [0.2, 0.25) is 0 Å². The average molecular weight is 222 g/mol. The molecule has 1 amide bonds. The Labute approximate surface area is 95.8 Å². The van der Waals surface area contributed by atoms with Crippen LogP contribution >= 0.6 is 0 Å². The summed E-state index contributed by atoms with van der Waals surface area (Å²) in [6.07, 6.45) is 0. The van der Waals surface area contributed by atoms with Crippen molar-refractivity contribution < 1.29 is 9.53 Å². The van der Waals surface area contributed by atoms with E-state index in [1.54, 1.807) is 18.2 Å². The van der Waals surface area contributed by atoms with E-state index in [2.05, 4.69) is 5.32 Å². The number of anilines is 1. The van der Waals surface area contributed by atoms with Gasteiger partial charge in [-0.3, -0.25) is 4.79 Å². The molecule has 88 valence electrons. The molecule has 16 heavy (non-hydrogen) atoms. The molecule has 0 fully saturated rings. The number of ether oxygens (including phenoxy) is 1. The van der Waals surface area contributed by atoms with Gasteiger partial charge in [0.05, 0.1) is 12.2 Å². The zero-order valence-electron chi connectivity index (χ0n) is 9.91. The van der Waals surface area contributed by atoms with Crippen molar-refractivity contribution in [3.8, 4) is 5.75 Å². The third-order valence-corrected chi connectivity index (χ3v) is 1.97. The third-order valence-electron chi connectivity index (χ3n) is 1.97. The van der Waals surface area contributed by atoms with Gasteiger partial charge in [-0.2, -0.15) is 0 Å². The van der Waals surface area contributed by atoms with E-state index in [0.717, 1.165) is 0 Å². The van der Waals surface area contributed by atoms with E-state index in [1.165, 1.54) is 0 Å². The van der Waals surface area contributed by atoms with E-state index in [0.29, 0.717) is 23.6 Å². The maximum atomic E-state index is 11.9. The summed E-state index contributed by atoms with van der Waals surface area (Å²) in [6.45, 7) is 6.21. The second-order valence-corrected chi connectivity index (χ2v) is 3.82. The van der Waals surface area contributed by atoms with Gasteiger partial charge in [0, 0.05) is 11.7 Å². The van der Waals surface area contributed by atoms with Crippen molar-refractivity contribution in [3.63, 3.8) is 0 Å². The summed E-state index contributed by atoms with van der Waals surface area (Å²) in [6, 6.07) is 5.15. The van der Waals surface area contributed by atoms with E-state index in [4.69, 9.17) is 10.5 Å². The number of rotatable bonds is 4. The number of carbonyl (C=O) groups excluding carboxylic acids is 1. The van der Waals surface area contributed by atoms with Gasteiger partial charge in [-0.15, -0.1) is 0 Å². The number of amides is 1. The lowest BCUT2D eigenvalue weighted by Crippen LogP contribution is -2.30. The van der Waals surface area contributed by atoms with Crippen molar-refractivity contribution >= 4 is 11.6 Å². The molecule has 1 aromatic rings. The van der Waals surface area contributed by atoms with Crippen LogP contribution in [0.3, 0.4) is 0 Å². The van der Waals surface area contributed by atoms with Gasteiger partial charge in [0.1, 0.15) is 5.75 Å². The number of nitrogens with one attached hydrogen (secondary N) is 1. The Morgan fingerprint density at radius 3 is 2.75 bits per heavy atom. The fourth-order valence-electron chi connectivity index (χ4n) is 1.35. The van der Waals surface area contributed by atoms with Crippen molar-refractivity contribution in [1.29, 1.82) is 0 Å². The molecule has 1 aromatic carbocycles. The first-order valence-electron chi connectivity index (χ1n) is 5.37. The topological polar surface area (TPSA) is 64.3 Å². The smallest absolute Gasteiger partial charge is 0.255 e. The van der Waals surface area contributed by atoms with Crippen LogP contribution in [0.2, 0.25) is 0 Å². The van der Waals surface area contributed by atoms with Crippen LogP contribution in [0.1, 0.15) is 31.1 Å². The molecule has 0 bridgehead atoms. The standard InChI is InChI=1S/C12H18N2O2/c1-4-16-11-6-5-9(13)7-10(11)12(15)14-8(2)3/h5-8H,4,13H2,1-3H3,(H,14,15). The van der Waals surface area contributed by atoms with Crippen LogP contribution in [-0.2, 0) is 0 Å². The Bertz CT molecular complexity index is 375. The molecule has 4 nitrogen and oxygen atoms in total. The third kappa shape index (κ3) is 3.15. The Morgan fingerprint density at radius 1 is 1.50 bits per heavy atom. The Balaban J connectivity index is 2.99. The molecule has 0 aliphatic rings. The monoisotopic (exact) mass is 222 g/mol. The molecule has 3 N–H and O–H groups in total. The molecule has 0 saturated carbocycles. The average Bonchev–Trinajstić information content (AvgIpc) is 2.20. The highest BCUT2D eigenvalue weighted by atomic mass is 16.5. The number of benzene rings is 1. The van der Waals surface area contributed by atoms with E-state index < -0.39 is 0 Å². The Kier molecular flexibility index (Phi) is 4.17. The van der Waals surface area contributed by atoms with E-state index in [9.17, 15) is 4.79 Å². The highest BCUT2D eigenvalue weighted by Gasteiger charge is 2.13. The number of hydrogen-bond acceptors (Lipinski definition) is 3. The predicted octanol–water partition coefficient (Wildman–Crippen LogP) is 1.81. The molecular formula is C12H18N2O2. The largest absolute Gasteiger partial charge is 0.493 e. The van der Waals surface area contributed by atoms with Gasteiger partial charge in [0.25, 0.3) is 5.91 Å². The zero-order valence-corrected chi connectivity index (χ0v) is 9.91. The molecule has 4 heteroatoms. The summed E-state index contributed by atoms with van der Waals surface area (Å²) in [7, 11) is 0. The first-order valence-corrected chi connectivity index (χ1v) is 5.37. The van der Waals surface area contributed by atoms with Crippen molar-refractivity contribution in [1.82, 2.24) is 5.32 Å². The lowest BCUT2D eigenvalue weighted by Gasteiger charge is -2.13. The molecular weight excluding hydrogens is 204 g/mol. The molecule has 0 atom stereocenters. The molecule has 0 radical (unpaired) electrons. The number of nitrogens with two attached hydrogens (primary N) is 1. The van der Waals surface area contributed by atoms with E-state index >= 15 is 0 Å². The van der Waals surface area contributed by atoms with Crippen molar-refractivity contribution in [2.45, 2.75) is 26.8 Å². The van der Waals surface area contributed by atoms with Gasteiger partial charge in [-0.1, -0.05) is 0 Å². The molecule has 0 saturated heterocycles. The van der Waals surface area contributed by atoms with Gasteiger partial charge in [-0.05, 0) is 39.0 Å². The minimum atomic E-state index is -0.161. The summed E-state index contributed by atoms with van der Waals surface area (Å²) in [5.41, 5.74) is 6.69. The first kappa shape index (κ1) is 12.4. The lowest BCUT2D eigenvalue weighted by atomic mass is 10.1. The fourth-order valence-corrected chi connectivity index (χ4v) is 1.35. The highest BCUT2D eigenvalue weighted by molar-refractivity contribution is 5.97. The molecule has 0 spiro atoms.